The van der Waals surface area contributed by atoms with E-state index in [9.17, 15) is 17.6 Å². The molecule has 2 heterocycles. The third-order valence-corrected chi connectivity index (χ3v) is 6.88. The number of sulfonamides is 1. The van der Waals surface area contributed by atoms with Gasteiger partial charge in [0.15, 0.2) is 0 Å². The fraction of sp³-hybridized carbons (Fsp3) is 0.429. The fourth-order valence-corrected chi connectivity index (χ4v) is 4.15. The molecule has 11 heteroatoms. The molecule has 0 bridgehead atoms. The van der Waals surface area contributed by atoms with Crippen LogP contribution in [0.2, 0.25) is 0 Å². The summed E-state index contributed by atoms with van der Waals surface area (Å²) in [6.07, 6.45) is 4.73. The highest BCUT2D eigenvalue weighted by Gasteiger charge is 2.22. The molecular weight excluding hydrogens is 435 g/mol. The second-order valence-corrected chi connectivity index (χ2v) is 10.1. The zero-order valence-electron chi connectivity index (χ0n) is 18.2. The first kappa shape index (κ1) is 24.1. The molecule has 3 N–H and O–H groups in total. The van der Waals surface area contributed by atoms with E-state index in [2.05, 4.69) is 25.8 Å². The molecule has 2 amide bonds. The summed E-state index contributed by atoms with van der Waals surface area (Å²) < 4.78 is 39.1. The number of anilines is 2. The van der Waals surface area contributed by atoms with Crippen molar-refractivity contribution in [2.24, 2.45) is 0 Å². The second-order valence-electron chi connectivity index (χ2n) is 7.96. The zero-order valence-corrected chi connectivity index (χ0v) is 19.0. The Balaban J connectivity index is 1.50. The smallest absolute Gasteiger partial charge is 0.308 e. The van der Waals surface area contributed by atoms with Crippen LogP contribution in [0.25, 0.3) is 0 Å². The number of piperidine rings is 1. The molecule has 1 aliphatic heterocycles. The van der Waals surface area contributed by atoms with Crippen LogP contribution in [0, 0.1) is 5.82 Å². The van der Waals surface area contributed by atoms with Gasteiger partial charge in [0.25, 0.3) is 0 Å². The Morgan fingerprint density at radius 3 is 2.56 bits per heavy atom. The third-order valence-electron chi connectivity index (χ3n) is 5.24. The van der Waals surface area contributed by atoms with Crippen LogP contribution < -0.4 is 16.0 Å². The third kappa shape index (κ3) is 7.23. The molecule has 0 aliphatic carbocycles. The molecule has 0 spiro atoms. The van der Waals surface area contributed by atoms with E-state index in [-0.39, 0.29) is 11.9 Å². The van der Waals surface area contributed by atoms with Crippen molar-refractivity contribution in [1.29, 1.82) is 0 Å². The number of nitrogens with one attached hydrogen (secondary N) is 3. The molecular formula is C21H29FN6O3S. The van der Waals surface area contributed by atoms with Gasteiger partial charge in [0.05, 0.1) is 11.9 Å². The van der Waals surface area contributed by atoms with Crippen molar-refractivity contribution in [3.05, 3.63) is 54.1 Å². The first-order valence-electron chi connectivity index (χ1n) is 10.3. The number of nitrogens with zero attached hydrogens (tertiary/aromatic N) is 3. The number of pyridine rings is 1. The number of likely N-dealkylation sites (tertiary alicyclic amines) is 1. The van der Waals surface area contributed by atoms with E-state index in [1.54, 1.807) is 24.4 Å². The molecule has 0 saturated carbocycles. The van der Waals surface area contributed by atoms with E-state index < -0.39 is 21.9 Å². The average Bonchev–Trinajstić information content (AvgIpc) is 2.73. The van der Waals surface area contributed by atoms with Crippen molar-refractivity contribution in [2.45, 2.75) is 25.4 Å². The zero-order chi connectivity index (χ0) is 23.1. The molecule has 1 saturated heterocycles. The number of halogens is 1. The van der Waals surface area contributed by atoms with Gasteiger partial charge >= 0.3 is 6.03 Å². The molecule has 32 heavy (non-hydrogen) atoms. The van der Waals surface area contributed by atoms with Crippen LogP contribution in [0.4, 0.5) is 20.6 Å². The van der Waals surface area contributed by atoms with Gasteiger partial charge in [0, 0.05) is 38.6 Å². The standard InChI is InChI=1S/C21H29FN6O3S/c1-27(2)32(30,31)15-24-18-5-8-28(9-6-18)14-16-10-17(22)12-20(11-16)26-21(29)25-19-4-3-7-23-13-19/h3-4,7,10-13,18,24H,5-6,8-9,14-15H2,1-2H3,(H2,25,26,29). The number of urea groups is 1. The van der Waals surface area contributed by atoms with Gasteiger partial charge in [-0.2, -0.15) is 0 Å². The van der Waals surface area contributed by atoms with Crippen LogP contribution in [-0.2, 0) is 16.6 Å². The first-order valence-corrected chi connectivity index (χ1v) is 12.0. The van der Waals surface area contributed by atoms with Crippen LogP contribution in [0.3, 0.4) is 0 Å². The SMILES string of the molecule is CN(C)S(=O)(=O)CNC1CCN(Cc2cc(F)cc(NC(=O)Nc3cccnc3)c2)CC1. The van der Waals surface area contributed by atoms with Gasteiger partial charge in [0.1, 0.15) is 11.7 Å². The van der Waals surface area contributed by atoms with E-state index in [4.69, 9.17) is 0 Å². The number of carbonyl (C=O) groups is 1. The summed E-state index contributed by atoms with van der Waals surface area (Å²) in [6.45, 7) is 2.07. The Bertz CT molecular complexity index is 1010. The highest BCUT2D eigenvalue weighted by Crippen LogP contribution is 2.19. The summed E-state index contributed by atoms with van der Waals surface area (Å²) in [4.78, 5) is 18.3. The van der Waals surface area contributed by atoms with Gasteiger partial charge < -0.3 is 10.6 Å². The number of rotatable bonds is 8. The molecule has 1 aromatic carbocycles. The van der Waals surface area contributed by atoms with Crippen molar-refractivity contribution in [1.82, 2.24) is 19.5 Å². The predicted molar refractivity (Wildman–Crippen MR) is 122 cm³/mol. The van der Waals surface area contributed by atoms with Crippen LogP contribution >= 0.6 is 0 Å². The topological polar surface area (TPSA) is 107 Å². The summed E-state index contributed by atoms with van der Waals surface area (Å²) in [5.41, 5.74) is 1.66. The van der Waals surface area contributed by atoms with Crippen molar-refractivity contribution in [2.75, 3.05) is 43.7 Å². The Morgan fingerprint density at radius 1 is 1.19 bits per heavy atom. The number of amides is 2. The van der Waals surface area contributed by atoms with E-state index in [1.165, 1.54) is 36.7 Å². The minimum atomic E-state index is -3.28. The van der Waals surface area contributed by atoms with Crippen LogP contribution in [0.1, 0.15) is 18.4 Å². The summed E-state index contributed by atoms with van der Waals surface area (Å²) in [7, 11) is -0.239. The monoisotopic (exact) mass is 464 g/mol. The van der Waals surface area contributed by atoms with Crippen LogP contribution in [0.15, 0.2) is 42.7 Å². The average molecular weight is 465 g/mol. The molecule has 0 radical (unpaired) electrons. The molecule has 1 aliphatic rings. The Kier molecular flexibility index (Phi) is 8.13. The summed E-state index contributed by atoms with van der Waals surface area (Å²) >= 11 is 0. The van der Waals surface area contributed by atoms with Gasteiger partial charge in [-0.1, -0.05) is 0 Å². The van der Waals surface area contributed by atoms with Gasteiger partial charge in [0.2, 0.25) is 10.0 Å². The van der Waals surface area contributed by atoms with Crippen LogP contribution in [-0.4, -0.2) is 67.7 Å². The largest absolute Gasteiger partial charge is 0.323 e. The summed E-state index contributed by atoms with van der Waals surface area (Å²) in [6, 6.07) is 7.54. The molecule has 1 fully saturated rings. The van der Waals surface area contributed by atoms with Gasteiger partial charge in [-0.25, -0.2) is 21.9 Å². The Morgan fingerprint density at radius 2 is 1.91 bits per heavy atom. The Hall–Kier alpha value is -2.60. The van der Waals surface area contributed by atoms with Crippen molar-refractivity contribution in [3.63, 3.8) is 0 Å². The normalized spacial score (nSPS) is 15.6. The van der Waals surface area contributed by atoms with Gasteiger partial charge in [-0.3, -0.25) is 15.2 Å². The fourth-order valence-electron chi connectivity index (χ4n) is 3.45. The van der Waals surface area contributed by atoms with Gasteiger partial charge in [-0.05, 0) is 61.8 Å². The summed E-state index contributed by atoms with van der Waals surface area (Å²) in [5.74, 6) is -0.505. The van der Waals surface area contributed by atoms with E-state index >= 15 is 0 Å². The quantitative estimate of drug-likeness (QED) is 0.553. The molecule has 0 atom stereocenters. The molecule has 174 valence electrons. The molecule has 3 rings (SSSR count). The lowest BCUT2D eigenvalue weighted by atomic mass is 10.0. The minimum Gasteiger partial charge on any atom is -0.308 e. The summed E-state index contributed by atoms with van der Waals surface area (Å²) in [5, 5.41) is 8.41. The van der Waals surface area contributed by atoms with Crippen molar-refractivity contribution >= 4 is 27.4 Å². The second kappa shape index (κ2) is 10.8. The maximum atomic E-state index is 14.1. The highest BCUT2D eigenvalue weighted by molar-refractivity contribution is 7.89. The lowest BCUT2D eigenvalue weighted by Gasteiger charge is -2.32. The number of aromatic nitrogens is 1. The molecule has 9 nitrogen and oxygen atoms in total. The molecule has 0 unspecified atom stereocenters. The number of benzene rings is 1. The number of carbonyl (C=O) groups excluding carboxylic acids is 1. The maximum absolute atomic E-state index is 14.1. The first-order chi connectivity index (χ1) is 15.2. The predicted octanol–water partition coefficient (Wildman–Crippen LogP) is 2.27. The maximum Gasteiger partial charge on any atom is 0.323 e. The van der Waals surface area contributed by atoms with E-state index in [1.807, 2.05) is 0 Å². The molecule has 1 aromatic heterocycles. The van der Waals surface area contributed by atoms with E-state index in [0.29, 0.717) is 17.9 Å². The lowest BCUT2D eigenvalue weighted by Crippen LogP contribution is -2.45. The number of hydrogen-bond acceptors (Lipinski definition) is 6. The highest BCUT2D eigenvalue weighted by atomic mass is 32.2. The van der Waals surface area contributed by atoms with E-state index in [0.717, 1.165) is 31.5 Å². The van der Waals surface area contributed by atoms with Crippen LogP contribution in [0.5, 0.6) is 0 Å². The van der Waals surface area contributed by atoms with Crippen molar-refractivity contribution < 1.29 is 17.6 Å². The lowest BCUT2D eigenvalue weighted by molar-refractivity contribution is 0.193. The number of hydrogen-bond donors (Lipinski definition) is 3. The van der Waals surface area contributed by atoms with Gasteiger partial charge in [-0.15, -0.1) is 0 Å². The van der Waals surface area contributed by atoms with Crippen molar-refractivity contribution in [3.8, 4) is 0 Å². The minimum absolute atomic E-state index is 0.0787. The molecule has 2 aromatic rings. The Labute approximate surface area is 188 Å².